The minimum absolute atomic E-state index is 0.103. The number of hydrogen-bond acceptors (Lipinski definition) is 2. The van der Waals surface area contributed by atoms with E-state index in [9.17, 15) is 14.0 Å². The Morgan fingerprint density at radius 1 is 1.14 bits per heavy atom. The second-order valence-electron chi connectivity index (χ2n) is 5.32. The van der Waals surface area contributed by atoms with Gasteiger partial charge in [-0.05, 0) is 25.0 Å². The van der Waals surface area contributed by atoms with Crippen LogP contribution in [-0.4, -0.2) is 47.8 Å². The Balaban J connectivity index is 2.10. The van der Waals surface area contributed by atoms with Crippen molar-refractivity contribution in [3.8, 4) is 0 Å². The van der Waals surface area contributed by atoms with Crippen molar-refractivity contribution in [3.05, 3.63) is 35.1 Å². The Hall–Kier alpha value is -1.91. The maximum absolute atomic E-state index is 14.1. The monoisotopic (exact) mass is 292 g/mol. The van der Waals surface area contributed by atoms with E-state index in [1.807, 2.05) is 6.92 Å². The number of aryl methyl sites for hydroxylation is 1. The second kappa shape index (κ2) is 6.70. The van der Waals surface area contributed by atoms with E-state index in [1.165, 1.54) is 6.07 Å². The molecule has 1 fully saturated rings. The zero-order valence-corrected chi connectivity index (χ0v) is 12.6. The number of carbonyl (C=O) groups is 2. The van der Waals surface area contributed by atoms with Crippen molar-refractivity contribution in [2.24, 2.45) is 0 Å². The lowest BCUT2D eigenvalue weighted by Crippen LogP contribution is -2.37. The van der Waals surface area contributed by atoms with Gasteiger partial charge < -0.3 is 9.80 Å². The minimum Gasteiger partial charge on any atom is -0.341 e. The largest absolute Gasteiger partial charge is 0.341 e. The van der Waals surface area contributed by atoms with Gasteiger partial charge in [-0.1, -0.05) is 19.1 Å². The van der Waals surface area contributed by atoms with E-state index in [-0.39, 0.29) is 17.4 Å². The van der Waals surface area contributed by atoms with Crippen molar-refractivity contribution in [1.29, 1.82) is 0 Å². The molecule has 0 N–H and O–H groups in total. The third kappa shape index (κ3) is 3.40. The molecule has 1 aliphatic rings. The standard InChI is InChI=1S/C16H21FN2O2/c1-3-14(20)18-8-5-9-19(11-10-18)16(21)13-7-4-6-12(2)15(13)17/h4,6-7H,3,5,8-11H2,1-2H3. The molecule has 0 aromatic heterocycles. The third-order valence-electron chi connectivity index (χ3n) is 3.86. The summed E-state index contributed by atoms with van der Waals surface area (Å²) in [6.45, 7) is 5.67. The molecule has 4 nitrogen and oxygen atoms in total. The maximum Gasteiger partial charge on any atom is 0.256 e. The van der Waals surface area contributed by atoms with Gasteiger partial charge in [0.15, 0.2) is 0 Å². The van der Waals surface area contributed by atoms with Crippen LogP contribution in [0.2, 0.25) is 0 Å². The fourth-order valence-corrected chi connectivity index (χ4v) is 2.58. The van der Waals surface area contributed by atoms with E-state index in [1.54, 1.807) is 28.9 Å². The highest BCUT2D eigenvalue weighted by molar-refractivity contribution is 5.94. The molecule has 1 aliphatic heterocycles. The van der Waals surface area contributed by atoms with Gasteiger partial charge in [-0.25, -0.2) is 4.39 Å². The molecule has 1 aromatic carbocycles. The molecule has 0 bridgehead atoms. The van der Waals surface area contributed by atoms with Crippen molar-refractivity contribution in [3.63, 3.8) is 0 Å². The number of amides is 2. The van der Waals surface area contributed by atoms with Crippen LogP contribution in [0.5, 0.6) is 0 Å². The summed E-state index contributed by atoms with van der Waals surface area (Å²) in [5, 5.41) is 0. The molecule has 0 unspecified atom stereocenters. The van der Waals surface area contributed by atoms with Crippen LogP contribution >= 0.6 is 0 Å². The molecule has 0 radical (unpaired) electrons. The Labute approximate surface area is 124 Å². The van der Waals surface area contributed by atoms with Crippen molar-refractivity contribution in [1.82, 2.24) is 9.80 Å². The van der Waals surface area contributed by atoms with Crippen LogP contribution in [0.15, 0.2) is 18.2 Å². The molecule has 5 heteroatoms. The van der Waals surface area contributed by atoms with Crippen LogP contribution in [-0.2, 0) is 4.79 Å². The van der Waals surface area contributed by atoms with Crippen molar-refractivity contribution in [2.75, 3.05) is 26.2 Å². The van der Waals surface area contributed by atoms with Crippen molar-refractivity contribution in [2.45, 2.75) is 26.7 Å². The summed E-state index contributed by atoms with van der Waals surface area (Å²) in [4.78, 5) is 27.6. The summed E-state index contributed by atoms with van der Waals surface area (Å²) in [6, 6.07) is 4.86. The molecule has 21 heavy (non-hydrogen) atoms. The Morgan fingerprint density at radius 2 is 1.81 bits per heavy atom. The first-order valence-electron chi connectivity index (χ1n) is 7.36. The quantitative estimate of drug-likeness (QED) is 0.838. The van der Waals surface area contributed by atoms with Gasteiger partial charge in [0.1, 0.15) is 5.82 Å². The summed E-state index contributed by atoms with van der Waals surface area (Å²) in [5.41, 5.74) is 0.587. The molecule has 0 aliphatic carbocycles. The molecule has 2 rings (SSSR count). The number of carbonyl (C=O) groups excluding carboxylic acids is 2. The zero-order chi connectivity index (χ0) is 15.4. The lowest BCUT2D eigenvalue weighted by molar-refractivity contribution is -0.130. The van der Waals surface area contributed by atoms with Gasteiger partial charge >= 0.3 is 0 Å². The molecular formula is C16H21FN2O2. The summed E-state index contributed by atoms with van der Waals surface area (Å²) in [6.07, 6.45) is 1.20. The molecule has 114 valence electrons. The first-order chi connectivity index (χ1) is 10.0. The molecule has 0 atom stereocenters. The number of rotatable bonds is 2. The van der Waals surface area contributed by atoms with Crippen LogP contribution in [0.3, 0.4) is 0 Å². The van der Waals surface area contributed by atoms with Gasteiger partial charge in [0.2, 0.25) is 5.91 Å². The van der Waals surface area contributed by atoms with Crippen molar-refractivity contribution >= 4 is 11.8 Å². The first-order valence-corrected chi connectivity index (χ1v) is 7.36. The Kier molecular flexibility index (Phi) is 4.94. The van der Waals surface area contributed by atoms with Gasteiger partial charge in [0.05, 0.1) is 5.56 Å². The molecular weight excluding hydrogens is 271 g/mol. The summed E-state index contributed by atoms with van der Waals surface area (Å²) in [7, 11) is 0. The molecule has 1 aromatic rings. The molecule has 1 heterocycles. The molecule has 0 saturated carbocycles. The highest BCUT2D eigenvalue weighted by Crippen LogP contribution is 2.16. The van der Waals surface area contributed by atoms with E-state index in [4.69, 9.17) is 0 Å². The Bertz CT molecular complexity index is 545. The smallest absolute Gasteiger partial charge is 0.256 e. The van der Waals surface area contributed by atoms with Crippen LogP contribution in [0, 0.1) is 12.7 Å². The van der Waals surface area contributed by atoms with E-state index >= 15 is 0 Å². The second-order valence-corrected chi connectivity index (χ2v) is 5.32. The van der Waals surface area contributed by atoms with E-state index in [0.29, 0.717) is 38.2 Å². The van der Waals surface area contributed by atoms with Gasteiger partial charge in [-0.2, -0.15) is 0 Å². The number of benzene rings is 1. The lowest BCUT2D eigenvalue weighted by Gasteiger charge is -2.22. The van der Waals surface area contributed by atoms with Crippen molar-refractivity contribution < 1.29 is 14.0 Å². The number of hydrogen-bond donors (Lipinski definition) is 0. The normalized spacial score (nSPS) is 15.8. The summed E-state index contributed by atoms with van der Waals surface area (Å²) < 4.78 is 14.1. The van der Waals surface area contributed by atoms with E-state index < -0.39 is 5.82 Å². The van der Waals surface area contributed by atoms with E-state index in [2.05, 4.69) is 0 Å². The zero-order valence-electron chi connectivity index (χ0n) is 12.6. The molecule has 2 amide bonds. The predicted octanol–water partition coefficient (Wildman–Crippen LogP) is 2.22. The van der Waals surface area contributed by atoms with E-state index in [0.717, 1.165) is 6.42 Å². The van der Waals surface area contributed by atoms with Crippen LogP contribution in [0.25, 0.3) is 0 Å². The average molecular weight is 292 g/mol. The fourth-order valence-electron chi connectivity index (χ4n) is 2.58. The molecule has 0 spiro atoms. The molecule has 1 saturated heterocycles. The topological polar surface area (TPSA) is 40.6 Å². The lowest BCUT2D eigenvalue weighted by atomic mass is 10.1. The first kappa shape index (κ1) is 15.5. The van der Waals surface area contributed by atoms with Gasteiger partial charge in [0, 0.05) is 32.6 Å². The van der Waals surface area contributed by atoms with Crippen LogP contribution in [0.4, 0.5) is 4.39 Å². The SMILES string of the molecule is CCC(=O)N1CCCN(C(=O)c2cccc(C)c2F)CC1. The number of nitrogens with zero attached hydrogens (tertiary/aromatic N) is 2. The Morgan fingerprint density at radius 3 is 2.52 bits per heavy atom. The van der Waals surface area contributed by atoms with Crippen LogP contribution in [0.1, 0.15) is 35.7 Å². The fraction of sp³-hybridized carbons (Fsp3) is 0.500. The van der Waals surface area contributed by atoms with Gasteiger partial charge in [-0.15, -0.1) is 0 Å². The highest BCUT2D eigenvalue weighted by Gasteiger charge is 2.24. The van der Waals surface area contributed by atoms with Gasteiger partial charge in [0.25, 0.3) is 5.91 Å². The number of halogens is 1. The average Bonchev–Trinajstić information content (AvgIpc) is 2.74. The highest BCUT2D eigenvalue weighted by atomic mass is 19.1. The summed E-state index contributed by atoms with van der Waals surface area (Å²) in [5.74, 6) is -0.638. The maximum atomic E-state index is 14.1. The summed E-state index contributed by atoms with van der Waals surface area (Å²) >= 11 is 0. The third-order valence-corrected chi connectivity index (χ3v) is 3.86. The van der Waals surface area contributed by atoms with Gasteiger partial charge in [-0.3, -0.25) is 9.59 Å². The van der Waals surface area contributed by atoms with Crippen LogP contribution < -0.4 is 0 Å². The minimum atomic E-state index is -0.451. The predicted molar refractivity (Wildman–Crippen MR) is 78.5 cm³/mol.